The fraction of sp³-hybridized carbons (Fsp3) is 0.350. The van der Waals surface area contributed by atoms with Crippen molar-refractivity contribution in [2.75, 3.05) is 44.4 Å². The largest absolute Gasteiger partial charge is 0.344 e. The molecule has 7 heteroatoms. The van der Waals surface area contributed by atoms with E-state index in [2.05, 4.69) is 39.3 Å². The lowest BCUT2D eigenvalue weighted by Gasteiger charge is -2.20. The molecule has 0 amide bonds. The fourth-order valence-electron chi connectivity index (χ4n) is 2.92. The zero-order chi connectivity index (χ0) is 19.4. The quantitative estimate of drug-likeness (QED) is 0.670. The minimum absolute atomic E-state index is 0.204. The summed E-state index contributed by atoms with van der Waals surface area (Å²) in [5, 5.41) is 3.75. The summed E-state index contributed by atoms with van der Waals surface area (Å²) in [4.78, 5) is 28.5. The van der Waals surface area contributed by atoms with Gasteiger partial charge in [-0.15, -0.1) is 0 Å². The molecule has 0 bridgehead atoms. The molecule has 2 N–H and O–H groups in total. The van der Waals surface area contributed by atoms with Crippen LogP contribution in [0.3, 0.4) is 0 Å². The van der Waals surface area contributed by atoms with Gasteiger partial charge in [-0.2, -0.15) is 4.98 Å². The van der Waals surface area contributed by atoms with E-state index in [-0.39, 0.29) is 5.56 Å². The van der Waals surface area contributed by atoms with Gasteiger partial charge in [0.15, 0.2) is 0 Å². The Morgan fingerprint density at radius 3 is 2.67 bits per heavy atom. The molecule has 0 fully saturated rings. The highest BCUT2D eigenvalue weighted by Gasteiger charge is 2.14. The number of aryl methyl sites for hydroxylation is 1. The van der Waals surface area contributed by atoms with Crippen LogP contribution in [0.1, 0.15) is 12.0 Å². The molecular weight excluding hydrogens is 340 g/mol. The Balaban J connectivity index is 1.98. The summed E-state index contributed by atoms with van der Waals surface area (Å²) < 4.78 is 0. The number of rotatable bonds is 7. The lowest BCUT2D eigenvalue weighted by Crippen LogP contribution is -2.25. The van der Waals surface area contributed by atoms with Crippen molar-refractivity contribution in [3.05, 3.63) is 52.4 Å². The van der Waals surface area contributed by atoms with Gasteiger partial charge in [-0.3, -0.25) is 4.79 Å². The molecule has 142 valence electrons. The van der Waals surface area contributed by atoms with Crippen LogP contribution < -0.4 is 15.8 Å². The van der Waals surface area contributed by atoms with Crippen LogP contribution in [0, 0.1) is 6.92 Å². The van der Waals surface area contributed by atoms with Gasteiger partial charge in [-0.1, -0.05) is 12.1 Å². The van der Waals surface area contributed by atoms with Crippen LogP contribution in [0.4, 0.5) is 17.5 Å². The lowest BCUT2D eigenvalue weighted by atomic mass is 10.2. The van der Waals surface area contributed by atoms with Gasteiger partial charge < -0.3 is 20.1 Å². The molecule has 0 saturated heterocycles. The molecule has 0 saturated carbocycles. The van der Waals surface area contributed by atoms with Crippen molar-refractivity contribution in [1.82, 2.24) is 19.9 Å². The van der Waals surface area contributed by atoms with Gasteiger partial charge in [0.2, 0.25) is 5.95 Å². The van der Waals surface area contributed by atoms with Crippen LogP contribution in [-0.4, -0.2) is 54.1 Å². The first-order valence-corrected chi connectivity index (χ1v) is 9.03. The molecule has 7 nitrogen and oxygen atoms in total. The number of benzene rings is 1. The summed E-state index contributed by atoms with van der Waals surface area (Å²) in [7, 11) is 6.09. The fourth-order valence-corrected chi connectivity index (χ4v) is 2.92. The van der Waals surface area contributed by atoms with E-state index in [0.29, 0.717) is 22.7 Å². The SMILES string of the molecule is Cc1cccc(Nc2nc(N(C)CCCN(C)C)nc3cc[nH]c(=O)c23)c1. The summed E-state index contributed by atoms with van der Waals surface area (Å²) in [5.74, 6) is 1.11. The molecule has 0 aliphatic rings. The molecule has 2 heterocycles. The zero-order valence-corrected chi connectivity index (χ0v) is 16.3. The first kappa shape index (κ1) is 18.8. The Bertz CT molecular complexity index is 982. The molecule has 2 aromatic heterocycles. The van der Waals surface area contributed by atoms with Crippen LogP contribution in [-0.2, 0) is 0 Å². The van der Waals surface area contributed by atoms with E-state index in [9.17, 15) is 4.79 Å². The van der Waals surface area contributed by atoms with Gasteiger partial charge in [-0.05, 0) is 57.7 Å². The second-order valence-electron chi connectivity index (χ2n) is 7.01. The predicted molar refractivity (Wildman–Crippen MR) is 111 cm³/mol. The van der Waals surface area contributed by atoms with Crippen molar-refractivity contribution >= 4 is 28.4 Å². The van der Waals surface area contributed by atoms with Gasteiger partial charge in [0.1, 0.15) is 11.2 Å². The van der Waals surface area contributed by atoms with Crippen molar-refractivity contribution in [2.24, 2.45) is 0 Å². The summed E-state index contributed by atoms with van der Waals surface area (Å²) >= 11 is 0. The van der Waals surface area contributed by atoms with E-state index < -0.39 is 0 Å². The topological polar surface area (TPSA) is 77.2 Å². The number of H-pyrrole nitrogens is 1. The monoisotopic (exact) mass is 366 g/mol. The van der Waals surface area contributed by atoms with E-state index in [4.69, 9.17) is 0 Å². The lowest BCUT2D eigenvalue weighted by molar-refractivity contribution is 0.401. The third-order valence-electron chi connectivity index (χ3n) is 4.33. The number of nitrogens with zero attached hydrogens (tertiary/aromatic N) is 4. The Morgan fingerprint density at radius 1 is 1.11 bits per heavy atom. The maximum atomic E-state index is 12.4. The number of nitrogens with one attached hydrogen (secondary N) is 2. The van der Waals surface area contributed by atoms with Crippen LogP contribution >= 0.6 is 0 Å². The minimum atomic E-state index is -0.204. The highest BCUT2D eigenvalue weighted by molar-refractivity contribution is 5.90. The molecule has 3 rings (SSSR count). The Morgan fingerprint density at radius 2 is 1.93 bits per heavy atom. The highest BCUT2D eigenvalue weighted by atomic mass is 16.1. The smallest absolute Gasteiger partial charge is 0.261 e. The minimum Gasteiger partial charge on any atom is -0.344 e. The third kappa shape index (κ3) is 4.62. The highest BCUT2D eigenvalue weighted by Crippen LogP contribution is 2.24. The molecule has 3 aromatic rings. The van der Waals surface area contributed by atoms with Gasteiger partial charge in [0.05, 0.1) is 5.52 Å². The first-order chi connectivity index (χ1) is 12.9. The zero-order valence-electron chi connectivity index (χ0n) is 16.3. The average Bonchev–Trinajstić information content (AvgIpc) is 2.61. The molecule has 1 aromatic carbocycles. The number of anilines is 3. The Kier molecular flexibility index (Phi) is 5.71. The standard InChI is InChI=1S/C20H26N6O/c1-14-7-5-8-15(13-14)22-18-17-16(9-10-21-19(17)27)23-20(24-18)26(4)12-6-11-25(2)3/h5,7-10,13H,6,11-12H2,1-4H3,(H,21,27)(H,22,23,24). The molecule has 0 aliphatic carbocycles. The number of aromatic nitrogens is 3. The van der Waals surface area contributed by atoms with Crippen molar-refractivity contribution in [1.29, 1.82) is 0 Å². The molecule has 27 heavy (non-hydrogen) atoms. The molecule has 0 atom stereocenters. The average molecular weight is 366 g/mol. The Labute approximate surface area is 159 Å². The first-order valence-electron chi connectivity index (χ1n) is 9.03. The summed E-state index contributed by atoms with van der Waals surface area (Å²) in [6, 6.07) is 9.78. The van der Waals surface area contributed by atoms with E-state index in [1.54, 1.807) is 12.3 Å². The van der Waals surface area contributed by atoms with Crippen molar-refractivity contribution in [3.8, 4) is 0 Å². The van der Waals surface area contributed by atoms with Crippen LogP contribution in [0.25, 0.3) is 10.9 Å². The van der Waals surface area contributed by atoms with Crippen LogP contribution in [0.15, 0.2) is 41.3 Å². The summed E-state index contributed by atoms with van der Waals surface area (Å²) in [6.07, 6.45) is 2.62. The van der Waals surface area contributed by atoms with Gasteiger partial charge >= 0.3 is 0 Å². The van der Waals surface area contributed by atoms with E-state index >= 15 is 0 Å². The number of hydrogen-bond acceptors (Lipinski definition) is 6. The maximum absolute atomic E-state index is 12.4. The molecule has 0 aliphatic heterocycles. The number of pyridine rings is 1. The molecule has 0 radical (unpaired) electrons. The summed E-state index contributed by atoms with van der Waals surface area (Å²) in [6.45, 7) is 3.85. The maximum Gasteiger partial charge on any atom is 0.261 e. The van der Waals surface area contributed by atoms with Crippen molar-refractivity contribution in [3.63, 3.8) is 0 Å². The third-order valence-corrected chi connectivity index (χ3v) is 4.33. The van der Waals surface area contributed by atoms with Crippen molar-refractivity contribution in [2.45, 2.75) is 13.3 Å². The van der Waals surface area contributed by atoms with Gasteiger partial charge in [0, 0.05) is 25.5 Å². The van der Waals surface area contributed by atoms with Crippen molar-refractivity contribution < 1.29 is 0 Å². The van der Waals surface area contributed by atoms with E-state index in [0.717, 1.165) is 30.8 Å². The predicted octanol–water partition coefficient (Wildman–Crippen LogP) is 2.76. The number of aromatic amines is 1. The van der Waals surface area contributed by atoms with Gasteiger partial charge in [0.25, 0.3) is 5.56 Å². The second-order valence-corrected chi connectivity index (χ2v) is 7.01. The molecule has 0 unspecified atom stereocenters. The molecule has 0 spiro atoms. The van der Waals surface area contributed by atoms with Crippen LogP contribution in [0.5, 0.6) is 0 Å². The molecular formula is C20H26N6O. The normalized spacial score (nSPS) is 11.1. The second kappa shape index (κ2) is 8.18. The number of hydrogen-bond donors (Lipinski definition) is 2. The number of fused-ring (bicyclic) bond motifs is 1. The van der Waals surface area contributed by atoms with E-state index in [1.165, 1.54) is 0 Å². The summed E-state index contributed by atoms with van der Waals surface area (Å²) in [5.41, 5.74) is 2.44. The Hall–Kier alpha value is -2.93. The van der Waals surface area contributed by atoms with Gasteiger partial charge in [-0.25, -0.2) is 4.98 Å². The van der Waals surface area contributed by atoms with Crippen LogP contribution in [0.2, 0.25) is 0 Å². The van der Waals surface area contributed by atoms with E-state index in [1.807, 2.05) is 43.1 Å².